The third-order valence-electron chi connectivity index (χ3n) is 2.42. The number of carbonyl (C=O) groups is 1. The summed E-state index contributed by atoms with van der Waals surface area (Å²) in [5.74, 6) is -1.60. The Morgan fingerprint density at radius 2 is 1.53 bits per heavy atom. The maximum atomic E-state index is 11.1. The van der Waals surface area contributed by atoms with Crippen LogP contribution in [0.15, 0.2) is 0 Å². The van der Waals surface area contributed by atoms with Crippen molar-refractivity contribution >= 4 is 5.97 Å². The molecule has 2 unspecified atom stereocenters. The Hall–Kier alpha value is -0.570. The smallest absolute Gasteiger partial charge is 0.309 e. The zero-order valence-corrected chi connectivity index (χ0v) is 10.7. The van der Waals surface area contributed by atoms with Crippen molar-refractivity contribution in [1.82, 2.24) is 0 Å². The summed E-state index contributed by atoms with van der Waals surface area (Å²) >= 11 is 0. The van der Waals surface area contributed by atoms with Gasteiger partial charge in [-0.05, 0) is 17.3 Å². The quantitative estimate of drug-likeness (QED) is 0.762. The molecule has 15 heavy (non-hydrogen) atoms. The van der Waals surface area contributed by atoms with Crippen LogP contribution in [0.3, 0.4) is 0 Å². The third kappa shape index (κ3) is 5.17. The molecule has 0 spiro atoms. The van der Waals surface area contributed by atoms with E-state index >= 15 is 0 Å². The van der Waals surface area contributed by atoms with E-state index < -0.39 is 23.4 Å². The number of carboxylic acid groups (broad SMARTS) is 1. The maximum absolute atomic E-state index is 11.1. The average molecular weight is 216 g/mol. The van der Waals surface area contributed by atoms with Gasteiger partial charge in [-0.25, -0.2) is 0 Å². The van der Waals surface area contributed by atoms with E-state index in [1.165, 1.54) is 0 Å². The number of aliphatic carboxylic acids is 1. The first-order valence-corrected chi connectivity index (χ1v) is 5.36. The van der Waals surface area contributed by atoms with Crippen LogP contribution in [-0.2, 0) is 4.79 Å². The van der Waals surface area contributed by atoms with Gasteiger partial charge in [0.15, 0.2) is 0 Å². The highest BCUT2D eigenvalue weighted by Gasteiger charge is 2.37. The summed E-state index contributed by atoms with van der Waals surface area (Å²) in [6, 6.07) is 0. The zero-order chi connectivity index (χ0) is 12.4. The Bertz CT molecular complexity index is 220. The normalized spacial score (nSPS) is 17.3. The van der Waals surface area contributed by atoms with Crippen LogP contribution in [0.2, 0.25) is 0 Å². The summed E-state index contributed by atoms with van der Waals surface area (Å²) < 4.78 is 0. The minimum Gasteiger partial charge on any atom is -0.481 e. The molecule has 90 valence electrons. The summed E-state index contributed by atoms with van der Waals surface area (Å²) in [7, 11) is 0. The third-order valence-corrected chi connectivity index (χ3v) is 2.42. The monoisotopic (exact) mass is 216 g/mol. The molecule has 0 fully saturated rings. The number of aliphatic hydroxyl groups is 1. The lowest BCUT2D eigenvalue weighted by atomic mass is 9.74. The van der Waals surface area contributed by atoms with Crippen LogP contribution in [-0.4, -0.2) is 22.3 Å². The van der Waals surface area contributed by atoms with E-state index in [0.717, 1.165) is 0 Å². The molecule has 3 nitrogen and oxygen atoms in total. The number of aliphatic hydroxyl groups excluding tert-OH is 1. The first-order valence-electron chi connectivity index (χ1n) is 5.36. The minimum absolute atomic E-state index is 0.0880. The molecule has 0 aliphatic carbocycles. The second-order valence-corrected chi connectivity index (χ2v) is 6.52. The van der Waals surface area contributed by atoms with E-state index in [9.17, 15) is 9.90 Å². The van der Waals surface area contributed by atoms with Crippen molar-refractivity contribution in [3.05, 3.63) is 0 Å². The molecule has 0 rings (SSSR count). The predicted molar refractivity (Wildman–Crippen MR) is 60.7 cm³/mol. The highest BCUT2D eigenvalue weighted by molar-refractivity contribution is 5.70. The fraction of sp³-hybridized carbons (Fsp3) is 0.917. The fourth-order valence-electron chi connectivity index (χ4n) is 1.60. The van der Waals surface area contributed by atoms with Crippen LogP contribution in [0, 0.1) is 16.7 Å². The van der Waals surface area contributed by atoms with Crippen molar-refractivity contribution < 1.29 is 15.0 Å². The zero-order valence-electron chi connectivity index (χ0n) is 10.7. The van der Waals surface area contributed by atoms with Crippen LogP contribution >= 0.6 is 0 Å². The number of hydrogen-bond donors (Lipinski definition) is 2. The Kier molecular flexibility index (Phi) is 4.35. The predicted octanol–water partition coefficient (Wildman–Crippen LogP) is 2.53. The summed E-state index contributed by atoms with van der Waals surface area (Å²) in [4.78, 5) is 11.1. The lowest BCUT2D eigenvalue weighted by Gasteiger charge is -2.34. The van der Waals surface area contributed by atoms with E-state index in [2.05, 4.69) is 0 Å². The molecule has 0 heterocycles. The van der Waals surface area contributed by atoms with Crippen molar-refractivity contribution in [2.45, 2.75) is 54.1 Å². The van der Waals surface area contributed by atoms with E-state index in [0.29, 0.717) is 6.42 Å². The lowest BCUT2D eigenvalue weighted by molar-refractivity contribution is -0.150. The number of hydrogen-bond acceptors (Lipinski definition) is 2. The van der Waals surface area contributed by atoms with Crippen molar-refractivity contribution in [3.63, 3.8) is 0 Å². The molecule has 0 bridgehead atoms. The molecule has 0 aliphatic heterocycles. The Balaban J connectivity index is 4.76. The van der Waals surface area contributed by atoms with Gasteiger partial charge in [-0.2, -0.15) is 0 Å². The summed E-state index contributed by atoms with van der Waals surface area (Å²) in [6.45, 7) is 11.5. The van der Waals surface area contributed by atoms with Gasteiger partial charge in [0.05, 0.1) is 12.0 Å². The first-order chi connectivity index (χ1) is 6.45. The molecule has 3 heteroatoms. The van der Waals surface area contributed by atoms with Gasteiger partial charge in [-0.3, -0.25) is 4.79 Å². The lowest BCUT2D eigenvalue weighted by Crippen LogP contribution is -2.40. The molecule has 0 aromatic carbocycles. The molecule has 2 N–H and O–H groups in total. The summed E-state index contributed by atoms with van der Waals surface area (Å²) in [6.07, 6.45) is -0.324. The standard InChI is InChI=1S/C12H24O3/c1-11(2,3)7-8(10(14)15)9(13)12(4,5)6/h8-9,13H,7H2,1-6H3,(H,14,15). The van der Waals surface area contributed by atoms with Gasteiger partial charge in [0, 0.05) is 0 Å². The van der Waals surface area contributed by atoms with Gasteiger partial charge in [-0.15, -0.1) is 0 Å². The van der Waals surface area contributed by atoms with Gasteiger partial charge in [-0.1, -0.05) is 41.5 Å². The fourth-order valence-corrected chi connectivity index (χ4v) is 1.60. The van der Waals surface area contributed by atoms with Crippen LogP contribution < -0.4 is 0 Å². The van der Waals surface area contributed by atoms with Crippen molar-refractivity contribution in [2.24, 2.45) is 16.7 Å². The molecule has 2 atom stereocenters. The largest absolute Gasteiger partial charge is 0.481 e. The SMILES string of the molecule is CC(C)(C)CC(C(=O)O)C(O)C(C)(C)C. The highest BCUT2D eigenvalue weighted by atomic mass is 16.4. The molecule has 0 radical (unpaired) electrons. The van der Waals surface area contributed by atoms with Crippen LogP contribution in [0.25, 0.3) is 0 Å². The first kappa shape index (κ1) is 14.4. The molecule has 0 aliphatic rings. The van der Waals surface area contributed by atoms with Gasteiger partial charge in [0.1, 0.15) is 0 Å². The van der Waals surface area contributed by atoms with Crippen molar-refractivity contribution in [2.75, 3.05) is 0 Å². The number of rotatable bonds is 3. The second-order valence-electron chi connectivity index (χ2n) is 6.52. The van der Waals surface area contributed by atoms with Gasteiger partial charge >= 0.3 is 5.97 Å². The Morgan fingerprint density at radius 3 is 1.73 bits per heavy atom. The van der Waals surface area contributed by atoms with Gasteiger partial charge in [0.25, 0.3) is 0 Å². The number of carboxylic acids is 1. The summed E-state index contributed by atoms with van der Waals surface area (Å²) in [5, 5.41) is 19.1. The van der Waals surface area contributed by atoms with E-state index in [-0.39, 0.29) is 5.41 Å². The van der Waals surface area contributed by atoms with E-state index in [1.807, 2.05) is 41.5 Å². The molecular weight excluding hydrogens is 192 g/mol. The van der Waals surface area contributed by atoms with Crippen LogP contribution in [0.5, 0.6) is 0 Å². The highest BCUT2D eigenvalue weighted by Crippen LogP contribution is 2.33. The molecule has 0 saturated heterocycles. The second kappa shape index (κ2) is 4.52. The molecular formula is C12H24O3. The minimum atomic E-state index is -0.910. The molecule has 0 aromatic heterocycles. The van der Waals surface area contributed by atoms with Gasteiger partial charge < -0.3 is 10.2 Å². The molecule has 0 aromatic rings. The average Bonchev–Trinajstić information content (AvgIpc) is 1.94. The maximum Gasteiger partial charge on any atom is 0.309 e. The van der Waals surface area contributed by atoms with Crippen molar-refractivity contribution in [3.8, 4) is 0 Å². The van der Waals surface area contributed by atoms with E-state index in [4.69, 9.17) is 5.11 Å². The summed E-state index contributed by atoms with van der Waals surface area (Å²) in [5.41, 5.74) is -0.483. The Morgan fingerprint density at radius 1 is 1.13 bits per heavy atom. The molecule has 0 saturated carbocycles. The molecule has 0 amide bonds. The Labute approximate surface area is 92.5 Å². The van der Waals surface area contributed by atoms with Crippen LogP contribution in [0.1, 0.15) is 48.0 Å². The van der Waals surface area contributed by atoms with Crippen LogP contribution in [0.4, 0.5) is 0 Å². The van der Waals surface area contributed by atoms with Crippen molar-refractivity contribution in [1.29, 1.82) is 0 Å². The van der Waals surface area contributed by atoms with Gasteiger partial charge in [0.2, 0.25) is 0 Å². The topological polar surface area (TPSA) is 57.5 Å². The van der Waals surface area contributed by atoms with E-state index in [1.54, 1.807) is 0 Å².